The molecule has 0 bridgehead atoms. The molecule has 99 valence electrons. The number of aromatic nitrogens is 1. The molecule has 1 nitrogen and oxygen atoms in total. The molecular formula is C18H16NS. The van der Waals surface area contributed by atoms with Crippen molar-refractivity contribution in [3.8, 4) is 0 Å². The first kappa shape index (κ1) is 13.1. The third kappa shape index (κ3) is 3.34. The quantitative estimate of drug-likeness (QED) is 0.667. The number of rotatable bonds is 5. The van der Waals surface area contributed by atoms with Gasteiger partial charge in [-0.15, -0.1) is 11.3 Å². The molecule has 2 heteroatoms. The number of thiazole rings is 1. The van der Waals surface area contributed by atoms with Crippen LogP contribution in [0, 0.1) is 5.92 Å². The van der Waals surface area contributed by atoms with Gasteiger partial charge < -0.3 is 0 Å². The summed E-state index contributed by atoms with van der Waals surface area (Å²) in [5.74, 6) is 1.42. The summed E-state index contributed by atoms with van der Waals surface area (Å²) in [5.41, 5.74) is 2.66. The van der Waals surface area contributed by atoms with E-state index in [1.165, 1.54) is 22.1 Å². The van der Waals surface area contributed by atoms with Gasteiger partial charge >= 0.3 is 0 Å². The van der Waals surface area contributed by atoms with Gasteiger partial charge in [-0.3, -0.25) is 0 Å². The van der Waals surface area contributed by atoms with Gasteiger partial charge in [-0.25, -0.2) is 4.98 Å². The molecule has 0 saturated carbocycles. The van der Waals surface area contributed by atoms with E-state index in [0.717, 1.165) is 12.8 Å². The third-order valence-corrected chi connectivity index (χ3v) is 4.07. The van der Waals surface area contributed by atoms with Crippen LogP contribution in [0.3, 0.4) is 0 Å². The largest absolute Gasteiger partial charge is 0.250 e. The van der Waals surface area contributed by atoms with Gasteiger partial charge in [0.05, 0.1) is 5.01 Å². The summed E-state index contributed by atoms with van der Waals surface area (Å²) in [4.78, 5) is 4.42. The molecule has 0 N–H and O–H groups in total. The average Bonchev–Trinajstić information content (AvgIpc) is 3.02. The highest BCUT2D eigenvalue weighted by Crippen LogP contribution is 2.25. The SMILES string of the molecule is c1ccc(C[C](Cc2nccs2)c2ccccc2)cc1. The molecule has 0 amide bonds. The van der Waals surface area contributed by atoms with Crippen molar-refractivity contribution in [2.75, 3.05) is 0 Å². The maximum Gasteiger partial charge on any atom is 0.0934 e. The van der Waals surface area contributed by atoms with Crippen LogP contribution < -0.4 is 0 Å². The van der Waals surface area contributed by atoms with Gasteiger partial charge in [0, 0.05) is 23.9 Å². The standard InChI is InChI=1S/C18H16NS/c1-3-7-15(8-4-1)13-17(14-18-19-11-12-20-18)16-9-5-2-6-10-16/h1-12H,13-14H2. The zero-order valence-electron chi connectivity index (χ0n) is 11.2. The molecule has 3 aromatic rings. The van der Waals surface area contributed by atoms with Crippen molar-refractivity contribution < 1.29 is 0 Å². The Bertz CT molecular complexity index is 617. The van der Waals surface area contributed by atoms with Crippen molar-refractivity contribution >= 4 is 11.3 Å². The lowest BCUT2D eigenvalue weighted by atomic mass is 9.89. The van der Waals surface area contributed by atoms with Crippen molar-refractivity contribution in [2.24, 2.45) is 0 Å². The Morgan fingerprint density at radius 2 is 1.55 bits per heavy atom. The average molecular weight is 278 g/mol. The lowest BCUT2D eigenvalue weighted by Crippen LogP contribution is -2.07. The fourth-order valence-corrected chi connectivity index (χ4v) is 2.96. The van der Waals surface area contributed by atoms with Crippen LogP contribution in [0.15, 0.2) is 72.2 Å². The van der Waals surface area contributed by atoms with Crippen LogP contribution in [-0.2, 0) is 12.8 Å². The predicted molar refractivity (Wildman–Crippen MR) is 84.8 cm³/mol. The van der Waals surface area contributed by atoms with Gasteiger partial charge in [-0.05, 0) is 17.5 Å². The second-order valence-electron chi connectivity index (χ2n) is 4.73. The fourth-order valence-electron chi connectivity index (χ4n) is 2.31. The van der Waals surface area contributed by atoms with Crippen LogP contribution in [0.5, 0.6) is 0 Å². The maximum absolute atomic E-state index is 4.42. The number of hydrogen-bond donors (Lipinski definition) is 0. The van der Waals surface area contributed by atoms with Gasteiger partial charge in [0.2, 0.25) is 0 Å². The van der Waals surface area contributed by atoms with E-state index in [4.69, 9.17) is 0 Å². The molecule has 0 aliphatic rings. The number of hydrogen-bond acceptors (Lipinski definition) is 2. The molecule has 0 unspecified atom stereocenters. The van der Waals surface area contributed by atoms with E-state index in [1.54, 1.807) is 11.3 Å². The summed E-state index contributed by atoms with van der Waals surface area (Å²) in [6.07, 6.45) is 3.78. The fraction of sp³-hybridized carbons (Fsp3) is 0.111. The molecule has 20 heavy (non-hydrogen) atoms. The van der Waals surface area contributed by atoms with E-state index in [2.05, 4.69) is 65.6 Å². The van der Waals surface area contributed by atoms with Crippen LogP contribution in [0.4, 0.5) is 0 Å². The first-order valence-electron chi connectivity index (χ1n) is 6.74. The molecule has 0 aliphatic heterocycles. The van der Waals surface area contributed by atoms with Gasteiger partial charge in [0.25, 0.3) is 0 Å². The van der Waals surface area contributed by atoms with Crippen molar-refractivity contribution in [1.82, 2.24) is 4.98 Å². The number of benzene rings is 2. The third-order valence-electron chi connectivity index (χ3n) is 3.29. The lowest BCUT2D eigenvalue weighted by Gasteiger charge is -2.15. The Morgan fingerprint density at radius 1 is 0.850 bits per heavy atom. The normalized spacial score (nSPS) is 10.8. The first-order valence-corrected chi connectivity index (χ1v) is 7.62. The summed E-state index contributed by atoms with van der Waals surface area (Å²) >= 11 is 1.72. The van der Waals surface area contributed by atoms with E-state index in [1.807, 2.05) is 11.6 Å². The predicted octanol–water partition coefficient (Wildman–Crippen LogP) is 4.55. The minimum Gasteiger partial charge on any atom is -0.250 e. The van der Waals surface area contributed by atoms with Crippen LogP contribution in [0.2, 0.25) is 0 Å². The van der Waals surface area contributed by atoms with Crippen molar-refractivity contribution in [3.63, 3.8) is 0 Å². The molecule has 0 aliphatic carbocycles. The summed E-state index contributed by atoms with van der Waals surface area (Å²) in [6, 6.07) is 21.3. The van der Waals surface area contributed by atoms with E-state index >= 15 is 0 Å². The minimum absolute atomic E-state index is 0.927. The second kappa shape index (κ2) is 6.49. The molecule has 0 fully saturated rings. The number of nitrogens with zero attached hydrogens (tertiary/aromatic N) is 1. The minimum atomic E-state index is 0.927. The Labute approximate surface area is 124 Å². The molecule has 0 spiro atoms. The van der Waals surface area contributed by atoms with Crippen LogP contribution >= 0.6 is 11.3 Å². The summed E-state index contributed by atoms with van der Waals surface area (Å²) in [7, 11) is 0. The Balaban J connectivity index is 1.83. The molecule has 1 aromatic heterocycles. The molecule has 0 atom stereocenters. The van der Waals surface area contributed by atoms with Crippen molar-refractivity contribution in [3.05, 3.63) is 94.3 Å². The first-order chi connectivity index (χ1) is 9.92. The lowest BCUT2D eigenvalue weighted by molar-refractivity contribution is 0.889. The van der Waals surface area contributed by atoms with E-state index in [9.17, 15) is 0 Å². The van der Waals surface area contributed by atoms with Gasteiger partial charge in [0.15, 0.2) is 0 Å². The summed E-state index contributed by atoms with van der Waals surface area (Å²) in [6.45, 7) is 0. The Morgan fingerprint density at radius 3 is 2.20 bits per heavy atom. The van der Waals surface area contributed by atoms with Crippen LogP contribution in [0.1, 0.15) is 16.1 Å². The summed E-state index contributed by atoms with van der Waals surface area (Å²) < 4.78 is 0. The molecule has 1 radical (unpaired) electrons. The topological polar surface area (TPSA) is 12.9 Å². The molecule has 3 rings (SSSR count). The highest BCUT2D eigenvalue weighted by Gasteiger charge is 2.15. The smallest absolute Gasteiger partial charge is 0.0934 e. The van der Waals surface area contributed by atoms with Gasteiger partial charge in [-0.1, -0.05) is 60.7 Å². The Hall–Kier alpha value is -1.93. The highest BCUT2D eigenvalue weighted by atomic mass is 32.1. The maximum atomic E-state index is 4.42. The second-order valence-corrected chi connectivity index (χ2v) is 5.71. The van der Waals surface area contributed by atoms with Crippen LogP contribution in [-0.4, -0.2) is 4.98 Å². The Kier molecular flexibility index (Phi) is 4.24. The van der Waals surface area contributed by atoms with E-state index in [0.29, 0.717) is 0 Å². The zero-order chi connectivity index (χ0) is 13.6. The van der Waals surface area contributed by atoms with Gasteiger partial charge in [-0.2, -0.15) is 0 Å². The van der Waals surface area contributed by atoms with E-state index in [-0.39, 0.29) is 0 Å². The van der Waals surface area contributed by atoms with Crippen LogP contribution in [0.25, 0.3) is 0 Å². The molecule has 1 heterocycles. The molecule has 0 saturated heterocycles. The van der Waals surface area contributed by atoms with Crippen molar-refractivity contribution in [2.45, 2.75) is 12.8 Å². The molecular weight excluding hydrogens is 262 g/mol. The monoisotopic (exact) mass is 278 g/mol. The van der Waals surface area contributed by atoms with Gasteiger partial charge in [0.1, 0.15) is 0 Å². The highest BCUT2D eigenvalue weighted by molar-refractivity contribution is 7.09. The summed E-state index contributed by atoms with van der Waals surface area (Å²) in [5, 5.41) is 3.22. The zero-order valence-corrected chi connectivity index (χ0v) is 12.0. The van der Waals surface area contributed by atoms with E-state index < -0.39 is 0 Å². The van der Waals surface area contributed by atoms with Crippen molar-refractivity contribution in [1.29, 1.82) is 0 Å². The molecule has 2 aromatic carbocycles.